The van der Waals surface area contributed by atoms with Gasteiger partial charge < -0.3 is 16.8 Å². The lowest BCUT2D eigenvalue weighted by atomic mass is 10.0. The highest BCUT2D eigenvalue weighted by Crippen LogP contribution is 2.21. The number of halogens is 6. The van der Waals surface area contributed by atoms with Crippen LogP contribution in [0.3, 0.4) is 0 Å². The number of aromatic nitrogens is 2. The summed E-state index contributed by atoms with van der Waals surface area (Å²) in [6, 6.07) is 55.7. The maximum atomic E-state index is 13.2. The summed E-state index contributed by atoms with van der Waals surface area (Å²) in [4.78, 5) is 20.0. The van der Waals surface area contributed by atoms with Crippen molar-refractivity contribution in [3.05, 3.63) is 250 Å². The molecule has 9 aromatic rings. The number of hydrogen-bond donors (Lipinski definition) is 3. The number of fused-ring (bicyclic) bond motifs is 2. The van der Waals surface area contributed by atoms with Crippen LogP contribution < -0.4 is 16.8 Å². The third-order valence-corrected chi connectivity index (χ3v) is 13.1. The highest BCUT2D eigenvalue weighted by Gasteiger charge is 2.05. The summed E-state index contributed by atoms with van der Waals surface area (Å²) in [5.41, 5.74) is 20.5. The molecule has 0 aliphatic heterocycles. The number of rotatable bonds is 20. The number of nitrogens with one attached hydrogen (secondary N) is 1. The average Bonchev–Trinajstić information content (AvgIpc) is 3.47. The second-order valence-electron chi connectivity index (χ2n) is 19.4. The monoisotopic (exact) mass is 1160 g/mol. The number of alkyl halides is 1. The SMILES string of the molecule is CC(=O)Nc1ccc2ccc(CCCCCc3cccc(F)c3)cc2n1.Fc1cccc(CCBr)c1.N#CCCc1cccc(F)c1.NCCCc1cccc(F)c1.Nc1ccc2ccc(CCCCCc3cccc(F)c3)cc2n1. The molecule has 0 fully saturated rings. The largest absolute Gasteiger partial charge is 0.384 e. The Morgan fingerprint density at radius 2 is 0.827 bits per heavy atom. The van der Waals surface area contributed by atoms with Crippen molar-refractivity contribution in [2.45, 2.75) is 103 Å². The third-order valence-electron chi connectivity index (χ3n) is 12.7. The first-order valence-corrected chi connectivity index (χ1v) is 28.6. The van der Waals surface area contributed by atoms with E-state index in [4.69, 9.17) is 16.7 Å². The van der Waals surface area contributed by atoms with E-state index in [2.05, 4.69) is 67.6 Å². The molecule has 0 saturated carbocycles. The Morgan fingerprint density at radius 1 is 0.469 bits per heavy atom. The van der Waals surface area contributed by atoms with E-state index in [1.54, 1.807) is 54.6 Å². The topological polar surface area (TPSA) is 131 Å². The second kappa shape index (κ2) is 36.5. The van der Waals surface area contributed by atoms with Crippen LogP contribution in [0.1, 0.15) is 97.2 Å². The standard InChI is InChI=1S/C22H23FN2O.C20H21FN2.C9H12FN.C9H8FN.C8H8BrF/c1-16(26)24-22-13-12-19-11-10-18(15-21(19)25-22)7-4-2-3-6-17-8-5-9-20(23)14-17;21-18-8-4-7-15(13-18)5-2-1-3-6-16-9-10-17-11-12-20(22)23-19(17)14-16;2*10-9-5-1-3-8(7-9)4-2-6-11;9-5-4-7-2-1-3-8(10)6-7/h5,8-15H,2-4,6-7H2,1H3,(H,24,25,26);4,7-14H,1-3,5-6H2,(H2,22,23);1,3,5,7H,2,4,6,11H2;1,3,5,7H,2,4H2;1-3,6H,4-5H2. The fourth-order valence-corrected chi connectivity index (χ4v) is 9.11. The van der Waals surface area contributed by atoms with Gasteiger partial charge in [0.25, 0.3) is 0 Å². The Labute approximate surface area is 482 Å². The van der Waals surface area contributed by atoms with Crippen LogP contribution in [0.4, 0.5) is 33.6 Å². The molecular formula is C68H72BrF5N6O. The van der Waals surface area contributed by atoms with Gasteiger partial charge in [-0.3, -0.25) is 4.79 Å². The number of amides is 1. The van der Waals surface area contributed by atoms with E-state index in [-0.39, 0.29) is 35.0 Å². The Bertz CT molecular complexity index is 3370. The number of pyridine rings is 2. The molecule has 422 valence electrons. The Kier molecular flexibility index (Phi) is 28.8. The predicted octanol–water partition coefficient (Wildman–Crippen LogP) is 17.0. The van der Waals surface area contributed by atoms with Crippen molar-refractivity contribution in [1.82, 2.24) is 9.97 Å². The number of anilines is 2. The normalized spacial score (nSPS) is 10.4. The third kappa shape index (κ3) is 25.9. The van der Waals surface area contributed by atoms with E-state index >= 15 is 0 Å². The molecule has 0 bridgehead atoms. The van der Waals surface area contributed by atoms with Crippen molar-refractivity contribution in [3.8, 4) is 6.07 Å². The molecule has 5 N–H and O–H groups in total. The van der Waals surface area contributed by atoms with Crippen LogP contribution in [0.5, 0.6) is 0 Å². The first-order chi connectivity index (χ1) is 39.3. The predicted molar refractivity (Wildman–Crippen MR) is 326 cm³/mol. The van der Waals surface area contributed by atoms with Gasteiger partial charge in [-0.2, -0.15) is 5.26 Å². The first-order valence-electron chi connectivity index (χ1n) is 27.5. The number of nitrogens with two attached hydrogens (primary N) is 2. The van der Waals surface area contributed by atoms with Crippen molar-refractivity contribution in [3.63, 3.8) is 0 Å². The summed E-state index contributed by atoms with van der Waals surface area (Å²) in [6.45, 7) is 2.14. The van der Waals surface area contributed by atoms with Gasteiger partial charge in [0.1, 0.15) is 40.7 Å². The fraction of sp³-hybridized carbons (Fsp3) is 0.265. The molecule has 9 rings (SSSR count). The second-order valence-corrected chi connectivity index (χ2v) is 20.2. The van der Waals surface area contributed by atoms with Crippen LogP contribution in [0.25, 0.3) is 21.8 Å². The summed E-state index contributed by atoms with van der Waals surface area (Å²) in [6.07, 6.45) is 14.2. The Hall–Kier alpha value is -7.79. The van der Waals surface area contributed by atoms with Crippen LogP contribution >= 0.6 is 15.9 Å². The Balaban J connectivity index is 0.000000198. The minimum Gasteiger partial charge on any atom is -0.384 e. The highest BCUT2D eigenvalue weighted by atomic mass is 79.9. The lowest BCUT2D eigenvalue weighted by molar-refractivity contribution is -0.114. The number of unbranched alkanes of at least 4 members (excludes halogenated alkanes) is 4. The zero-order chi connectivity index (χ0) is 58.0. The maximum absolute atomic E-state index is 13.2. The number of benzene rings is 7. The van der Waals surface area contributed by atoms with Gasteiger partial charge in [-0.15, -0.1) is 0 Å². The molecule has 13 heteroatoms. The van der Waals surface area contributed by atoms with E-state index in [9.17, 15) is 26.7 Å². The van der Waals surface area contributed by atoms with Crippen LogP contribution in [0.2, 0.25) is 0 Å². The molecule has 0 spiro atoms. The minimum absolute atomic E-state index is 0.119. The van der Waals surface area contributed by atoms with Gasteiger partial charge >= 0.3 is 0 Å². The molecule has 0 saturated heterocycles. The van der Waals surface area contributed by atoms with Crippen LogP contribution in [0.15, 0.2) is 182 Å². The zero-order valence-corrected chi connectivity index (χ0v) is 47.6. The molecule has 0 aliphatic rings. The van der Waals surface area contributed by atoms with E-state index in [1.807, 2.05) is 60.7 Å². The molecule has 2 heterocycles. The summed E-state index contributed by atoms with van der Waals surface area (Å²) >= 11 is 3.29. The highest BCUT2D eigenvalue weighted by molar-refractivity contribution is 9.09. The summed E-state index contributed by atoms with van der Waals surface area (Å²) in [7, 11) is 0. The number of hydrogen-bond acceptors (Lipinski definition) is 6. The van der Waals surface area contributed by atoms with E-state index in [0.29, 0.717) is 31.0 Å². The van der Waals surface area contributed by atoms with Gasteiger partial charge in [0.15, 0.2) is 0 Å². The molecule has 7 nitrogen and oxygen atoms in total. The molecule has 0 radical (unpaired) electrons. The maximum Gasteiger partial charge on any atom is 0.222 e. The van der Waals surface area contributed by atoms with Gasteiger partial charge in [-0.05, 0) is 220 Å². The lowest BCUT2D eigenvalue weighted by Crippen LogP contribution is -2.07. The number of nitrogen functional groups attached to an aromatic ring is 1. The zero-order valence-electron chi connectivity index (χ0n) is 46.0. The van der Waals surface area contributed by atoms with Crippen molar-refractivity contribution >= 4 is 55.3 Å². The van der Waals surface area contributed by atoms with Crippen molar-refractivity contribution in [1.29, 1.82) is 5.26 Å². The van der Waals surface area contributed by atoms with Crippen LogP contribution in [0, 0.1) is 40.4 Å². The van der Waals surface area contributed by atoms with Crippen molar-refractivity contribution < 1.29 is 26.7 Å². The van der Waals surface area contributed by atoms with Gasteiger partial charge in [-0.25, -0.2) is 31.9 Å². The molecular weight excluding hydrogens is 1090 g/mol. The van der Waals surface area contributed by atoms with Crippen LogP contribution in [-0.2, 0) is 49.7 Å². The number of carbonyl (C=O) groups excluding carboxylic acids is 1. The van der Waals surface area contributed by atoms with Gasteiger partial charge in [-0.1, -0.05) is 114 Å². The molecule has 0 atom stereocenters. The Morgan fingerprint density at radius 3 is 1.21 bits per heavy atom. The quantitative estimate of drug-likeness (QED) is 0.0396. The summed E-state index contributed by atoms with van der Waals surface area (Å²) < 4.78 is 63.8. The van der Waals surface area contributed by atoms with Gasteiger partial charge in [0.2, 0.25) is 5.91 Å². The van der Waals surface area contributed by atoms with Gasteiger partial charge in [0.05, 0.1) is 17.1 Å². The van der Waals surface area contributed by atoms with Crippen molar-refractivity contribution in [2.24, 2.45) is 5.73 Å². The molecule has 2 aromatic heterocycles. The number of nitriles is 1. The van der Waals surface area contributed by atoms with E-state index in [0.717, 1.165) is 138 Å². The molecule has 1 amide bonds. The smallest absolute Gasteiger partial charge is 0.222 e. The van der Waals surface area contributed by atoms with Crippen molar-refractivity contribution in [2.75, 3.05) is 22.9 Å². The minimum atomic E-state index is -0.236. The molecule has 0 unspecified atom stereocenters. The summed E-state index contributed by atoms with van der Waals surface area (Å²) in [5.74, 6) is 0.155. The lowest BCUT2D eigenvalue weighted by Gasteiger charge is -2.06. The first kappa shape index (κ1) is 64.0. The summed E-state index contributed by atoms with van der Waals surface area (Å²) in [5, 5.41) is 14.0. The molecule has 0 aliphatic carbocycles. The molecule has 81 heavy (non-hydrogen) atoms. The van der Waals surface area contributed by atoms with E-state index < -0.39 is 0 Å². The van der Waals surface area contributed by atoms with E-state index in [1.165, 1.54) is 54.4 Å². The van der Waals surface area contributed by atoms with Crippen LogP contribution in [-0.4, -0.2) is 27.7 Å². The fourth-order valence-electron chi connectivity index (χ4n) is 8.65. The molecule has 7 aromatic carbocycles. The number of carbonyl (C=O) groups is 1. The number of aryl methyl sites for hydroxylation is 7. The average molecular weight is 1160 g/mol. The number of nitrogens with zero attached hydrogens (tertiary/aromatic N) is 3. The van der Waals surface area contributed by atoms with Gasteiger partial charge in [0, 0.05) is 29.4 Å².